The number of rotatable bonds is 10. The minimum absolute atomic E-state index is 0.0246. The summed E-state index contributed by atoms with van der Waals surface area (Å²) in [5, 5.41) is 14.6. The number of carbonyl (C=O) groups excluding carboxylic acids is 2. The third-order valence-electron chi connectivity index (χ3n) is 3.99. The molecular formula is C18H25ClN2O4. The molecule has 2 unspecified atom stereocenters. The van der Waals surface area contributed by atoms with Crippen LogP contribution in [0.5, 0.6) is 0 Å². The molecule has 0 aliphatic carbocycles. The van der Waals surface area contributed by atoms with Gasteiger partial charge >= 0.3 is 5.97 Å². The maximum Gasteiger partial charge on any atom is 0.303 e. The molecule has 0 radical (unpaired) electrons. The van der Waals surface area contributed by atoms with E-state index in [1.807, 2.05) is 0 Å². The van der Waals surface area contributed by atoms with Crippen LogP contribution in [-0.2, 0) is 9.59 Å². The van der Waals surface area contributed by atoms with E-state index in [0.717, 1.165) is 12.8 Å². The van der Waals surface area contributed by atoms with Crippen LogP contribution in [0.15, 0.2) is 24.3 Å². The number of benzene rings is 1. The van der Waals surface area contributed by atoms with E-state index < -0.39 is 17.9 Å². The molecule has 0 saturated carbocycles. The molecule has 0 spiro atoms. The second kappa shape index (κ2) is 10.7. The van der Waals surface area contributed by atoms with Crippen LogP contribution in [-0.4, -0.2) is 35.5 Å². The number of carbonyl (C=O) groups is 3. The predicted molar refractivity (Wildman–Crippen MR) is 96.7 cm³/mol. The second-order valence-corrected chi connectivity index (χ2v) is 6.50. The number of hydrogen-bond acceptors (Lipinski definition) is 3. The van der Waals surface area contributed by atoms with Crippen LogP contribution >= 0.6 is 11.6 Å². The first-order valence-corrected chi connectivity index (χ1v) is 8.77. The third kappa shape index (κ3) is 8.03. The van der Waals surface area contributed by atoms with Crippen molar-refractivity contribution in [2.24, 2.45) is 5.92 Å². The van der Waals surface area contributed by atoms with Gasteiger partial charge in [0.1, 0.15) is 6.04 Å². The molecule has 2 atom stereocenters. The number of aliphatic carboxylic acids is 1. The summed E-state index contributed by atoms with van der Waals surface area (Å²) >= 11 is 5.87. The van der Waals surface area contributed by atoms with Crippen molar-refractivity contribution in [3.63, 3.8) is 0 Å². The SMILES string of the molecule is CCC(C)CCNC(=O)C(CCC(=O)O)NC(=O)c1cccc(Cl)c1. The molecule has 0 bridgehead atoms. The summed E-state index contributed by atoms with van der Waals surface area (Å²) in [5.74, 6) is -1.37. The molecule has 1 rings (SSSR count). The van der Waals surface area contributed by atoms with Crippen LogP contribution in [0, 0.1) is 5.92 Å². The molecule has 0 heterocycles. The van der Waals surface area contributed by atoms with Crippen molar-refractivity contribution < 1.29 is 19.5 Å². The number of carboxylic acid groups (broad SMARTS) is 1. The Balaban J connectivity index is 2.69. The third-order valence-corrected chi connectivity index (χ3v) is 4.22. The van der Waals surface area contributed by atoms with E-state index in [0.29, 0.717) is 23.0 Å². The number of carboxylic acids is 1. The molecule has 1 aromatic rings. The molecular weight excluding hydrogens is 344 g/mol. The Morgan fingerprint density at radius 2 is 1.96 bits per heavy atom. The highest BCUT2D eigenvalue weighted by molar-refractivity contribution is 6.31. The van der Waals surface area contributed by atoms with Crippen molar-refractivity contribution in [3.05, 3.63) is 34.9 Å². The van der Waals surface area contributed by atoms with Crippen LogP contribution in [0.3, 0.4) is 0 Å². The second-order valence-electron chi connectivity index (χ2n) is 6.06. The zero-order valence-electron chi connectivity index (χ0n) is 14.5. The summed E-state index contributed by atoms with van der Waals surface area (Å²) < 4.78 is 0. The minimum atomic E-state index is -1.02. The van der Waals surface area contributed by atoms with Crippen LogP contribution in [0.1, 0.15) is 49.9 Å². The lowest BCUT2D eigenvalue weighted by atomic mass is 10.1. The van der Waals surface area contributed by atoms with Gasteiger partial charge < -0.3 is 15.7 Å². The molecule has 25 heavy (non-hydrogen) atoms. The first-order valence-electron chi connectivity index (χ1n) is 8.39. The zero-order chi connectivity index (χ0) is 18.8. The maximum atomic E-state index is 12.3. The van der Waals surface area contributed by atoms with E-state index in [9.17, 15) is 14.4 Å². The molecule has 7 heteroatoms. The van der Waals surface area contributed by atoms with Gasteiger partial charge in [-0.3, -0.25) is 14.4 Å². The van der Waals surface area contributed by atoms with Gasteiger partial charge in [-0.2, -0.15) is 0 Å². The Kier molecular flexibility index (Phi) is 8.99. The normalized spacial score (nSPS) is 12.9. The summed E-state index contributed by atoms with van der Waals surface area (Å²) in [5.41, 5.74) is 0.320. The maximum absolute atomic E-state index is 12.3. The van der Waals surface area contributed by atoms with Crippen molar-refractivity contribution in [1.82, 2.24) is 10.6 Å². The Hall–Kier alpha value is -2.08. The van der Waals surface area contributed by atoms with E-state index in [4.69, 9.17) is 16.7 Å². The molecule has 6 nitrogen and oxygen atoms in total. The lowest BCUT2D eigenvalue weighted by molar-refractivity contribution is -0.137. The number of amides is 2. The standard InChI is InChI=1S/C18H25ClN2O4/c1-3-12(2)9-10-20-18(25)15(7-8-16(22)23)21-17(24)13-5-4-6-14(19)11-13/h4-6,11-12,15H,3,7-10H2,1-2H3,(H,20,25)(H,21,24)(H,22,23). The van der Waals surface area contributed by atoms with E-state index >= 15 is 0 Å². The summed E-state index contributed by atoms with van der Waals surface area (Å²) in [6.45, 7) is 4.66. The van der Waals surface area contributed by atoms with Gasteiger partial charge in [-0.1, -0.05) is 37.9 Å². The number of halogens is 1. The smallest absolute Gasteiger partial charge is 0.303 e. The highest BCUT2D eigenvalue weighted by Crippen LogP contribution is 2.11. The van der Waals surface area contributed by atoms with E-state index in [-0.39, 0.29) is 18.7 Å². The van der Waals surface area contributed by atoms with Gasteiger partial charge in [-0.25, -0.2) is 0 Å². The Bertz CT molecular complexity index is 606. The summed E-state index contributed by atoms with van der Waals surface area (Å²) in [6, 6.07) is 5.44. The Morgan fingerprint density at radius 1 is 1.24 bits per heavy atom. The fourth-order valence-corrected chi connectivity index (χ4v) is 2.37. The van der Waals surface area contributed by atoms with Gasteiger partial charge in [0.25, 0.3) is 5.91 Å². The zero-order valence-corrected chi connectivity index (χ0v) is 15.3. The average molecular weight is 369 g/mol. The van der Waals surface area contributed by atoms with Gasteiger partial charge in [-0.15, -0.1) is 0 Å². The van der Waals surface area contributed by atoms with Crippen molar-refractivity contribution in [3.8, 4) is 0 Å². The average Bonchev–Trinajstić information content (AvgIpc) is 2.57. The molecule has 0 aliphatic rings. The fourth-order valence-electron chi connectivity index (χ4n) is 2.18. The van der Waals surface area contributed by atoms with Gasteiger partial charge in [0.15, 0.2) is 0 Å². The van der Waals surface area contributed by atoms with E-state index in [1.165, 1.54) is 6.07 Å². The number of nitrogens with one attached hydrogen (secondary N) is 2. The molecule has 0 aliphatic heterocycles. The highest BCUT2D eigenvalue weighted by Gasteiger charge is 2.22. The van der Waals surface area contributed by atoms with E-state index in [2.05, 4.69) is 24.5 Å². The van der Waals surface area contributed by atoms with Crippen LogP contribution in [0.4, 0.5) is 0 Å². The topological polar surface area (TPSA) is 95.5 Å². The summed E-state index contributed by atoms with van der Waals surface area (Å²) in [4.78, 5) is 35.4. The molecule has 1 aromatic carbocycles. The van der Waals surface area contributed by atoms with Gasteiger partial charge in [0.2, 0.25) is 5.91 Å². The van der Waals surface area contributed by atoms with Crippen LogP contribution < -0.4 is 10.6 Å². The van der Waals surface area contributed by atoms with Gasteiger partial charge in [0, 0.05) is 23.6 Å². The molecule has 0 saturated heterocycles. The van der Waals surface area contributed by atoms with Crippen molar-refractivity contribution >= 4 is 29.4 Å². The van der Waals surface area contributed by atoms with Gasteiger partial charge in [-0.05, 0) is 37.0 Å². The monoisotopic (exact) mass is 368 g/mol. The summed E-state index contributed by atoms with van der Waals surface area (Å²) in [7, 11) is 0. The molecule has 0 fully saturated rings. The first-order chi connectivity index (χ1) is 11.8. The fraction of sp³-hybridized carbons (Fsp3) is 0.500. The Morgan fingerprint density at radius 3 is 2.56 bits per heavy atom. The Labute approximate surface area is 152 Å². The van der Waals surface area contributed by atoms with Crippen molar-refractivity contribution in [1.29, 1.82) is 0 Å². The lowest BCUT2D eigenvalue weighted by Gasteiger charge is -2.18. The molecule has 3 N–H and O–H groups in total. The quantitative estimate of drug-likeness (QED) is 0.591. The molecule has 2 amide bonds. The highest BCUT2D eigenvalue weighted by atomic mass is 35.5. The predicted octanol–water partition coefficient (Wildman–Crippen LogP) is 2.86. The van der Waals surface area contributed by atoms with E-state index in [1.54, 1.807) is 18.2 Å². The molecule has 138 valence electrons. The van der Waals surface area contributed by atoms with Crippen LogP contribution in [0.25, 0.3) is 0 Å². The molecule has 0 aromatic heterocycles. The largest absolute Gasteiger partial charge is 0.481 e. The van der Waals surface area contributed by atoms with Crippen molar-refractivity contribution in [2.45, 2.75) is 45.6 Å². The van der Waals surface area contributed by atoms with Crippen LogP contribution in [0.2, 0.25) is 5.02 Å². The summed E-state index contributed by atoms with van der Waals surface area (Å²) in [6.07, 6.45) is 1.66. The first kappa shape index (κ1) is 21.0. The lowest BCUT2D eigenvalue weighted by Crippen LogP contribution is -2.47. The number of hydrogen-bond donors (Lipinski definition) is 3. The minimum Gasteiger partial charge on any atom is -0.481 e. The van der Waals surface area contributed by atoms with Crippen molar-refractivity contribution in [2.75, 3.05) is 6.54 Å². The van der Waals surface area contributed by atoms with Gasteiger partial charge in [0.05, 0.1) is 0 Å².